The molecule has 3 nitrogen and oxygen atoms in total. The van der Waals surface area contributed by atoms with E-state index in [-0.39, 0.29) is 0 Å². The summed E-state index contributed by atoms with van der Waals surface area (Å²) in [6.45, 7) is 16.6. The first kappa shape index (κ1) is 16.3. The highest BCUT2D eigenvalue weighted by Crippen LogP contribution is 2.33. The van der Waals surface area contributed by atoms with Crippen molar-refractivity contribution < 1.29 is 0 Å². The van der Waals surface area contributed by atoms with Crippen LogP contribution in [0.25, 0.3) is 0 Å². The van der Waals surface area contributed by atoms with Gasteiger partial charge in [0.15, 0.2) is 0 Å². The van der Waals surface area contributed by atoms with Gasteiger partial charge in [-0.05, 0) is 57.2 Å². The number of aromatic nitrogens is 1. The zero-order chi connectivity index (χ0) is 15.6. The molecule has 2 heterocycles. The smallest absolute Gasteiger partial charge is 0.133 e. The van der Waals surface area contributed by atoms with Gasteiger partial charge in [0, 0.05) is 30.4 Å². The number of nitrogens with zero attached hydrogens (tertiary/aromatic N) is 2. The molecule has 1 aromatic heterocycles. The summed E-state index contributed by atoms with van der Waals surface area (Å²) < 4.78 is 0. The van der Waals surface area contributed by atoms with Crippen LogP contribution in [-0.4, -0.2) is 24.1 Å². The molecule has 1 fully saturated rings. The van der Waals surface area contributed by atoms with Crippen LogP contribution >= 0.6 is 0 Å². The van der Waals surface area contributed by atoms with E-state index in [2.05, 4.69) is 57.8 Å². The average molecular weight is 289 g/mol. The maximum absolute atomic E-state index is 4.92. The SMILES string of the molecule is CCNCc1c(C)cc(C)nc1N1CC(C)CC(C)C1C. The van der Waals surface area contributed by atoms with Crippen LogP contribution in [0.1, 0.15) is 50.9 Å². The van der Waals surface area contributed by atoms with E-state index in [1.165, 1.54) is 23.4 Å². The molecule has 3 heteroatoms. The molecule has 0 aliphatic carbocycles. The first-order valence-electron chi connectivity index (χ1n) is 8.38. The van der Waals surface area contributed by atoms with Gasteiger partial charge in [-0.25, -0.2) is 4.98 Å². The summed E-state index contributed by atoms with van der Waals surface area (Å²) in [4.78, 5) is 7.46. The van der Waals surface area contributed by atoms with Gasteiger partial charge in [-0.2, -0.15) is 0 Å². The summed E-state index contributed by atoms with van der Waals surface area (Å²) in [5.41, 5.74) is 3.85. The highest BCUT2D eigenvalue weighted by atomic mass is 15.2. The van der Waals surface area contributed by atoms with E-state index in [4.69, 9.17) is 4.98 Å². The van der Waals surface area contributed by atoms with Crippen molar-refractivity contribution in [1.82, 2.24) is 10.3 Å². The molecule has 1 aliphatic rings. The minimum atomic E-state index is 0.565. The van der Waals surface area contributed by atoms with E-state index >= 15 is 0 Å². The van der Waals surface area contributed by atoms with Crippen molar-refractivity contribution in [2.45, 2.75) is 60.5 Å². The second-order valence-corrected chi connectivity index (χ2v) is 6.87. The van der Waals surface area contributed by atoms with Gasteiger partial charge >= 0.3 is 0 Å². The molecule has 0 radical (unpaired) electrons. The van der Waals surface area contributed by atoms with Crippen LogP contribution in [0.3, 0.4) is 0 Å². The fourth-order valence-electron chi connectivity index (χ4n) is 3.54. The molecule has 1 aliphatic heterocycles. The van der Waals surface area contributed by atoms with Crippen LogP contribution in [0.5, 0.6) is 0 Å². The molecule has 21 heavy (non-hydrogen) atoms. The number of pyridine rings is 1. The third-order valence-electron chi connectivity index (χ3n) is 4.88. The normalized spacial score (nSPS) is 26.2. The number of nitrogens with one attached hydrogen (secondary N) is 1. The van der Waals surface area contributed by atoms with Crippen LogP contribution in [0.2, 0.25) is 0 Å². The third kappa shape index (κ3) is 3.57. The van der Waals surface area contributed by atoms with Crippen molar-refractivity contribution in [2.75, 3.05) is 18.0 Å². The molecule has 0 bridgehead atoms. The van der Waals surface area contributed by atoms with Gasteiger partial charge in [0.2, 0.25) is 0 Å². The van der Waals surface area contributed by atoms with Gasteiger partial charge in [-0.3, -0.25) is 0 Å². The summed E-state index contributed by atoms with van der Waals surface area (Å²) in [5.74, 6) is 2.67. The minimum Gasteiger partial charge on any atom is -0.353 e. The molecule has 1 saturated heterocycles. The summed E-state index contributed by atoms with van der Waals surface area (Å²) >= 11 is 0. The summed E-state index contributed by atoms with van der Waals surface area (Å²) in [6.07, 6.45) is 1.32. The number of piperidine rings is 1. The zero-order valence-corrected chi connectivity index (χ0v) is 14.5. The first-order chi connectivity index (χ1) is 9.93. The minimum absolute atomic E-state index is 0.565. The Balaban J connectivity index is 2.40. The molecular formula is C18H31N3. The van der Waals surface area contributed by atoms with Crippen molar-refractivity contribution in [3.05, 3.63) is 22.9 Å². The third-order valence-corrected chi connectivity index (χ3v) is 4.88. The topological polar surface area (TPSA) is 28.2 Å². The van der Waals surface area contributed by atoms with Crippen LogP contribution in [0.15, 0.2) is 6.07 Å². The Kier molecular flexibility index (Phi) is 5.26. The monoisotopic (exact) mass is 289 g/mol. The summed E-state index contributed by atoms with van der Waals surface area (Å²) in [7, 11) is 0. The molecule has 1 N–H and O–H groups in total. The Labute approximate surface area is 130 Å². The van der Waals surface area contributed by atoms with Crippen molar-refractivity contribution in [1.29, 1.82) is 0 Å². The first-order valence-corrected chi connectivity index (χ1v) is 8.38. The van der Waals surface area contributed by atoms with Gasteiger partial charge in [0.25, 0.3) is 0 Å². The fraction of sp³-hybridized carbons (Fsp3) is 0.722. The molecule has 2 rings (SSSR count). The second-order valence-electron chi connectivity index (χ2n) is 6.87. The van der Waals surface area contributed by atoms with Gasteiger partial charge in [-0.15, -0.1) is 0 Å². The summed E-state index contributed by atoms with van der Waals surface area (Å²) in [6, 6.07) is 2.77. The predicted molar refractivity (Wildman–Crippen MR) is 90.8 cm³/mol. The molecular weight excluding hydrogens is 258 g/mol. The molecule has 3 atom stereocenters. The Morgan fingerprint density at radius 1 is 1.29 bits per heavy atom. The molecule has 1 aromatic rings. The van der Waals surface area contributed by atoms with Crippen molar-refractivity contribution in [3.8, 4) is 0 Å². The lowest BCUT2D eigenvalue weighted by Gasteiger charge is -2.43. The van der Waals surface area contributed by atoms with E-state index in [1.54, 1.807) is 0 Å². The molecule has 3 unspecified atom stereocenters. The lowest BCUT2D eigenvalue weighted by molar-refractivity contribution is 0.295. The van der Waals surface area contributed by atoms with Crippen LogP contribution < -0.4 is 10.2 Å². The number of hydrogen-bond acceptors (Lipinski definition) is 3. The van der Waals surface area contributed by atoms with Crippen molar-refractivity contribution in [3.63, 3.8) is 0 Å². The Morgan fingerprint density at radius 2 is 2.00 bits per heavy atom. The van der Waals surface area contributed by atoms with Gasteiger partial charge in [0.05, 0.1) is 0 Å². The molecule has 0 saturated carbocycles. The number of rotatable bonds is 4. The maximum atomic E-state index is 4.92. The predicted octanol–water partition coefficient (Wildman–Crippen LogP) is 3.68. The molecule has 0 amide bonds. The Bertz CT molecular complexity index is 484. The highest BCUT2D eigenvalue weighted by molar-refractivity contribution is 5.53. The lowest BCUT2D eigenvalue weighted by atomic mass is 9.85. The van der Waals surface area contributed by atoms with Crippen LogP contribution in [0, 0.1) is 25.7 Å². The number of aryl methyl sites for hydroxylation is 2. The lowest BCUT2D eigenvalue weighted by Crippen LogP contribution is -2.47. The zero-order valence-electron chi connectivity index (χ0n) is 14.5. The maximum Gasteiger partial charge on any atom is 0.133 e. The number of anilines is 1. The number of hydrogen-bond donors (Lipinski definition) is 1. The standard InChI is InChI=1S/C18H31N3/c1-7-19-10-17-14(4)9-15(5)20-18(17)21-11-12(2)8-13(3)16(21)6/h9,12-13,16,19H,7-8,10-11H2,1-6H3. The van der Waals surface area contributed by atoms with E-state index in [0.29, 0.717) is 6.04 Å². The van der Waals surface area contributed by atoms with Crippen molar-refractivity contribution >= 4 is 5.82 Å². The van der Waals surface area contributed by atoms with E-state index in [1.807, 2.05) is 0 Å². The van der Waals surface area contributed by atoms with E-state index in [9.17, 15) is 0 Å². The fourth-order valence-corrected chi connectivity index (χ4v) is 3.54. The highest BCUT2D eigenvalue weighted by Gasteiger charge is 2.31. The Morgan fingerprint density at radius 3 is 2.67 bits per heavy atom. The second kappa shape index (κ2) is 6.78. The largest absolute Gasteiger partial charge is 0.353 e. The Hall–Kier alpha value is -1.09. The van der Waals surface area contributed by atoms with Gasteiger partial charge < -0.3 is 10.2 Å². The van der Waals surface area contributed by atoms with Crippen LogP contribution in [-0.2, 0) is 6.54 Å². The molecule has 0 spiro atoms. The molecule has 0 aromatic carbocycles. The van der Waals surface area contributed by atoms with E-state index < -0.39 is 0 Å². The van der Waals surface area contributed by atoms with Crippen molar-refractivity contribution in [2.24, 2.45) is 11.8 Å². The van der Waals surface area contributed by atoms with Gasteiger partial charge in [-0.1, -0.05) is 20.8 Å². The molecule has 118 valence electrons. The summed E-state index contributed by atoms with van der Waals surface area (Å²) in [5, 5.41) is 3.47. The van der Waals surface area contributed by atoms with Gasteiger partial charge in [0.1, 0.15) is 5.82 Å². The average Bonchev–Trinajstić information content (AvgIpc) is 2.41. The quantitative estimate of drug-likeness (QED) is 0.916. The van der Waals surface area contributed by atoms with Crippen LogP contribution in [0.4, 0.5) is 5.82 Å². The van der Waals surface area contributed by atoms with E-state index in [0.717, 1.165) is 37.2 Å².